The van der Waals surface area contributed by atoms with Gasteiger partial charge in [-0.25, -0.2) is 9.13 Å². The van der Waals surface area contributed by atoms with Gasteiger partial charge in [0.05, 0.1) is 26.4 Å². The van der Waals surface area contributed by atoms with E-state index in [-0.39, 0.29) is 25.7 Å². The summed E-state index contributed by atoms with van der Waals surface area (Å²) in [5.74, 6) is -0.587. The number of phosphoric acid groups is 2. The molecule has 0 aliphatic rings. The number of unbranched alkanes of at least 4 members (excludes halogenated alkanes) is 46. The highest BCUT2D eigenvalue weighted by atomic mass is 31.2. The molecule has 0 saturated heterocycles. The molecule has 602 valence electrons. The van der Waals surface area contributed by atoms with E-state index in [2.05, 4.69) is 65.8 Å². The van der Waals surface area contributed by atoms with Crippen molar-refractivity contribution in [1.29, 1.82) is 0 Å². The van der Waals surface area contributed by atoms with E-state index in [1.54, 1.807) is 0 Å². The van der Waals surface area contributed by atoms with Crippen LogP contribution < -0.4 is 0 Å². The van der Waals surface area contributed by atoms with Crippen molar-refractivity contribution in [3.63, 3.8) is 0 Å². The average Bonchev–Trinajstić information content (AvgIpc) is 0.911. The molecule has 0 spiro atoms. The number of hydrogen-bond donors (Lipinski definition) is 3. The third kappa shape index (κ3) is 74.4. The van der Waals surface area contributed by atoms with Gasteiger partial charge in [0.2, 0.25) is 0 Å². The zero-order chi connectivity index (χ0) is 74.9. The first-order valence-corrected chi connectivity index (χ1v) is 45.3. The summed E-state index contributed by atoms with van der Waals surface area (Å²) in [4.78, 5) is 73.1. The number of carbonyl (C=O) groups is 4. The first kappa shape index (κ1) is 99.5. The third-order valence-corrected chi connectivity index (χ3v) is 21.1. The number of allylic oxidation sites excluding steroid dienone is 4. The Balaban J connectivity index is 5.27. The van der Waals surface area contributed by atoms with Crippen LogP contribution in [0, 0.1) is 11.8 Å². The SMILES string of the molecule is CCCCCC/C=C\C=C/CCCCCCCC(=O)O[C@H](COC(=O)CCCCCCCCCC(C)C)COP(=O)(O)OC[C@H](O)COP(=O)(O)OC[C@@H](COC(=O)CCCCCCCCCCCCCCCCC(C)CC)OC(=O)CCCCCCCCCCCCCCCCCCCCC. The second kappa shape index (κ2) is 74.0. The zero-order valence-corrected chi connectivity index (χ0v) is 68.2. The van der Waals surface area contributed by atoms with Gasteiger partial charge in [-0.15, -0.1) is 0 Å². The molecule has 0 saturated carbocycles. The lowest BCUT2D eigenvalue weighted by Crippen LogP contribution is -2.30. The van der Waals surface area contributed by atoms with E-state index in [1.807, 2.05) is 0 Å². The quantitative estimate of drug-likeness (QED) is 0.0169. The van der Waals surface area contributed by atoms with Crippen molar-refractivity contribution in [2.24, 2.45) is 11.8 Å². The number of carbonyl (C=O) groups excluding carboxylic acids is 4. The van der Waals surface area contributed by atoms with Crippen molar-refractivity contribution in [3.05, 3.63) is 24.3 Å². The highest BCUT2D eigenvalue weighted by Crippen LogP contribution is 2.45. The molecule has 0 rings (SSSR count). The molecule has 0 aliphatic carbocycles. The van der Waals surface area contributed by atoms with Crippen LogP contribution in [0.1, 0.15) is 414 Å². The Labute approximate surface area is 624 Å². The maximum absolute atomic E-state index is 13.1. The second-order valence-corrected chi connectivity index (χ2v) is 32.8. The number of rotatable bonds is 80. The number of ether oxygens (including phenoxy) is 4. The molecule has 0 amide bonds. The van der Waals surface area contributed by atoms with Crippen LogP contribution in [0.25, 0.3) is 0 Å². The van der Waals surface area contributed by atoms with Crippen LogP contribution in [-0.2, 0) is 65.4 Å². The minimum atomic E-state index is -4.97. The predicted octanol–water partition coefficient (Wildman–Crippen LogP) is 24.6. The van der Waals surface area contributed by atoms with Gasteiger partial charge in [-0.2, -0.15) is 0 Å². The normalized spacial score (nSPS) is 14.3. The van der Waals surface area contributed by atoms with Crippen LogP contribution in [0.4, 0.5) is 0 Å². The lowest BCUT2D eigenvalue weighted by atomic mass is 9.99. The molecular weight excluding hydrogens is 1330 g/mol. The zero-order valence-electron chi connectivity index (χ0n) is 66.4. The molecule has 17 nitrogen and oxygen atoms in total. The molecule has 0 heterocycles. The van der Waals surface area contributed by atoms with Gasteiger partial charge in [-0.3, -0.25) is 37.3 Å². The maximum atomic E-state index is 13.1. The van der Waals surface area contributed by atoms with Crippen molar-refractivity contribution >= 4 is 39.5 Å². The first-order valence-electron chi connectivity index (χ1n) is 42.3. The maximum Gasteiger partial charge on any atom is 0.472 e. The highest BCUT2D eigenvalue weighted by Gasteiger charge is 2.30. The van der Waals surface area contributed by atoms with Crippen molar-refractivity contribution in [1.82, 2.24) is 0 Å². The van der Waals surface area contributed by atoms with Crippen LogP contribution in [-0.4, -0.2) is 96.7 Å². The van der Waals surface area contributed by atoms with Crippen LogP contribution in [0.15, 0.2) is 24.3 Å². The fourth-order valence-electron chi connectivity index (χ4n) is 12.3. The molecule has 6 atom stereocenters. The number of hydrogen-bond acceptors (Lipinski definition) is 15. The van der Waals surface area contributed by atoms with Gasteiger partial charge in [0.15, 0.2) is 12.2 Å². The van der Waals surface area contributed by atoms with Crippen molar-refractivity contribution in [3.8, 4) is 0 Å². The monoisotopic (exact) mass is 1490 g/mol. The largest absolute Gasteiger partial charge is 0.472 e. The van der Waals surface area contributed by atoms with E-state index in [4.69, 9.17) is 37.0 Å². The lowest BCUT2D eigenvalue weighted by Gasteiger charge is -2.21. The van der Waals surface area contributed by atoms with Crippen LogP contribution in [0.5, 0.6) is 0 Å². The van der Waals surface area contributed by atoms with Gasteiger partial charge in [0.25, 0.3) is 0 Å². The summed E-state index contributed by atoms with van der Waals surface area (Å²) in [7, 11) is -9.94. The van der Waals surface area contributed by atoms with Gasteiger partial charge in [0.1, 0.15) is 19.3 Å². The van der Waals surface area contributed by atoms with Gasteiger partial charge in [-0.05, 0) is 63.2 Å². The molecular formula is C83H158O17P2. The molecule has 0 fully saturated rings. The summed E-state index contributed by atoms with van der Waals surface area (Å²) in [5, 5.41) is 10.6. The Morgan fingerprint density at radius 1 is 0.324 bits per heavy atom. The third-order valence-electron chi connectivity index (χ3n) is 19.2. The molecule has 0 aromatic carbocycles. The summed E-state index contributed by atoms with van der Waals surface area (Å²) in [6.07, 6.45) is 67.5. The average molecular weight is 1490 g/mol. The number of phosphoric ester groups is 2. The molecule has 102 heavy (non-hydrogen) atoms. The summed E-state index contributed by atoms with van der Waals surface area (Å²) >= 11 is 0. The highest BCUT2D eigenvalue weighted by molar-refractivity contribution is 7.47. The van der Waals surface area contributed by atoms with E-state index < -0.39 is 97.5 Å². The molecule has 19 heteroatoms. The van der Waals surface area contributed by atoms with Crippen LogP contribution >= 0.6 is 15.6 Å². The van der Waals surface area contributed by atoms with Gasteiger partial charge in [0, 0.05) is 25.7 Å². The summed E-state index contributed by atoms with van der Waals surface area (Å²) in [6, 6.07) is 0. The molecule has 3 unspecified atom stereocenters. The van der Waals surface area contributed by atoms with Crippen molar-refractivity contribution in [2.75, 3.05) is 39.6 Å². The molecule has 0 aliphatic heterocycles. The van der Waals surface area contributed by atoms with Gasteiger partial charge in [-0.1, -0.05) is 361 Å². The molecule has 0 aromatic rings. The standard InChI is InChI=1S/C83H158O17P2/c1-7-10-12-14-16-18-20-22-24-25-26-27-29-35-39-43-49-56-62-68-82(87)99-78(71-93-80(85)65-59-53-47-41-37-33-31-30-32-36-40-46-52-58-64-76(6)9-3)73-97-101(89,90)95-69-77(84)70-96-102(91,92)98-74-79(72-94-81(86)66-60-54-50-44-45-51-57-63-75(4)5)100-83(88)67-61-55-48-42-38-34-28-23-21-19-17-15-13-11-8-2/h19,21,23,28,75-79,84H,7-18,20,22,24-27,29-74H2,1-6H3,(H,89,90)(H,91,92)/b21-19-,28-23-/t76?,77-,78-,79-/m1/s1. The van der Waals surface area contributed by atoms with E-state index in [1.165, 1.54) is 212 Å². The molecule has 3 N–H and O–H groups in total. The topological polar surface area (TPSA) is 237 Å². The van der Waals surface area contributed by atoms with E-state index >= 15 is 0 Å². The van der Waals surface area contributed by atoms with Gasteiger partial charge < -0.3 is 33.8 Å². The van der Waals surface area contributed by atoms with Crippen LogP contribution in [0.2, 0.25) is 0 Å². The first-order chi connectivity index (χ1) is 49.4. The minimum Gasteiger partial charge on any atom is -0.462 e. The Bertz CT molecular complexity index is 2060. The Hall–Kier alpha value is -2.46. The van der Waals surface area contributed by atoms with E-state index in [9.17, 15) is 43.2 Å². The number of aliphatic hydroxyl groups excluding tert-OH is 1. The second-order valence-electron chi connectivity index (χ2n) is 29.9. The summed E-state index contributed by atoms with van der Waals surface area (Å²) < 4.78 is 68.7. The van der Waals surface area contributed by atoms with Crippen molar-refractivity contribution < 1.29 is 80.2 Å². The smallest absolute Gasteiger partial charge is 0.462 e. The summed E-state index contributed by atoms with van der Waals surface area (Å²) in [6.45, 7) is 9.58. The minimum absolute atomic E-state index is 0.0844. The Morgan fingerprint density at radius 2 is 0.578 bits per heavy atom. The summed E-state index contributed by atoms with van der Waals surface area (Å²) in [5.41, 5.74) is 0. The van der Waals surface area contributed by atoms with Crippen LogP contribution in [0.3, 0.4) is 0 Å². The fourth-order valence-corrected chi connectivity index (χ4v) is 13.9. The Morgan fingerprint density at radius 3 is 0.882 bits per heavy atom. The predicted molar refractivity (Wildman–Crippen MR) is 418 cm³/mol. The Kier molecular flexibility index (Phi) is 72.2. The number of esters is 4. The van der Waals surface area contributed by atoms with Gasteiger partial charge >= 0.3 is 39.5 Å². The lowest BCUT2D eigenvalue weighted by molar-refractivity contribution is -0.161. The fraction of sp³-hybridized carbons (Fsp3) is 0.904. The number of aliphatic hydroxyl groups is 1. The molecule has 0 radical (unpaired) electrons. The van der Waals surface area contributed by atoms with E-state index in [0.29, 0.717) is 31.6 Å². The molecule has 0 bridgehead atoms. The molecule has 0 aromatic heterocycles. The van der Waals surface area contributed by atoms with Crippen molar-refractivity contribution in [2.45, 2.75) is 432 Å². The van der Waals surface area contributed by atoms with E-state index in [0.717, 1.165) is 115 Å².